The minimum absolute atomic E-state index is 0.271. The van der Waals surface area contributed by atoms with E-state index in [2.05, 4.69) is 4.90 Å². The van der Waals surface area contributed by atoms with Crippen LogP contribution in [0.1, 0.15) is 70.6 Å². The van der Waals surface area contributed by atoms with Crippen LogP contribution in [0.3, 0.4) is 0 Å². The van der Waals surface area contributed by atoms with Gasteiger partial charge in [-0.3, -0.25) is 4.79 Å². The molecular formula is C18H32N2O. The maximum absolute atomic E-state index is 12.8. The zero-order valence-electron chi connectivity index (χ0n) is 13.5. The van der Waals surface area contributed by atoms with Gasteiger partial charge in [-0.2, -0.15) is 0 Å². The first kappa shape index (κ1) is 15.3. The van der Waals surface area contributed by atoms with Gasteiger partial charge < -0.3 is 10.6 Å². The van der Waals surface area contributed by atoms with Crippen molar-refractivity contribution in [1.82, 2.24) is 4.90 Å². The van der Waals surface area contributed by atoms with Gasteiger partial charge in [0.2, 0.25) is 5.91 Å². The molecule has 3 rings (SSSR count). The molecule has 2 N–H and O–H groups in total. The SMILES string of the molecule is NCC1CCCC(C(=O)N2CCC3(CCCCC3)CC2)C1. The number of nitrogens with zero attached hydrogens (tertiary/aromatic N) is 1. The first-order valence-corrected chi connectivity index (χ1v) is 9.21. The lowest BCUT2D eigenvalue weighted by Gasteiger charge is -2.45. The van der Waals surface area contributed by atoms with Crippen molar-refractivity contribution in [2.24, 2.45) is 23.0 Å². The molecule has 2 aliphatic carbocycles. The third-order valence-electron chi connectivity index (χ3n) is 6.52. The topological polar surface area (TPSA) is 46.3 Å². The number of carbonyl (C=O) groups excluding carboxylic acids is 1. The number of amides is 1. The fourth-order valence-electron chi connectivity index (χ4n) is 4.99. The summed E-state index contributed by atoms with van der Waals surface area (Å²) < 4.78 is 0. The van der Waals surface area contributed by atoms with E-state index in [-0.39, 0.29) is 5.92 Å². The van der Waals surface area contributed by atoms with Crippen LogP contribution < -0.4 is 5.73 Å². The minimum Gasteiger partial charge on any atom is -0.342 e. The van der Waals surface area contributed by atoms with Crippen LogP contribution in [0, 0.1) is 17.3 Å². The minimum atomic E-state index is 0.271. The van der Waals surface area contributed by atoms with Crippen LogP contribution in [-0.2, 0) is 4.79 Å². The van der Waals surface area contributed by atoms with E-state index in [1.165, 1.54) is 57.8 Å². The van der Waals surface area contributed by atoms with Gasteiger partial charge in [-0.1, -0.05) is 25.7 Å². The fourth-order valence-corrected chi connectivity index (χ4v) is 4.99. The second kappa shape index (κ2) is 6.68. The maximum atomic E-state index is 12.8. The Bertz CT molecular complexity index is 352. The number of carbonyl (C=O) groups is 1. The van der Waals surface area contributed by atoms with E-state index >= 15 is 0 Å². The Hall–Kier alpha value is -0.570. The van der Waals surface area contributed by atoms with E-state index in [4.69, 9.17) is 5.73 Å². The predicted octanol–water partition coefficient (Wildman–Crippen LogP) is 3.32. The van der Waals surface area contributed by atoms with Crippen LogP contribution in [0.25, 0.3) is 0 Å². The van der Waals surface area contributed by atoms with Gasteiger partial charge in [0.05, 0.1) is 0 Å². The van der Waals surface area contributed by atoms with Gasteiger partial charge in [0.1, 0.15) is 0 Å². The average Bonchev–Trinajstić information content (AvgIpc) is 2.56. The second-order valence-electron chi connectivity index (χ2n) is 7.85. The first-order chi connectivity index (χ1) is 10.2. The monoisotopic (exact) mass is 292 g/mol. The van der Waals surface area contributed by atoms with E-state index in [0.717, 1.165) is 32.5 Å². The number of rotatable bonds is 2. The standard InChI is InChI=1S/C18H32N2O/c19-14-15-5-4-6-16(13-15)17(21)20-11-9-18(10-12-20)7-2-1-3-8-18/h15-16H,1-14,19H2. The molecule has 120 valence electrons. The van der Waals surface area contributed by atoms with Crippen molar-refractivity contribution >= 4 is 5.91 Å². The van der Waals surface area contributed by atoms with Crippen LogP contribution in [0.2, 0.25) is 0 Å². The third kappa shape index (κ3) is 3.44. The van der Waals surface area contributed by atoms with Crippen LogP contribution in [-0.4, -0.2) is 30.4 Å². The molecular weight excluding hydrogens is 260 g/mol. The van der Waals surface area contributed by atoms with Gasteiger partial charge >= 0.3 is 0 Å². The molecule has 3 nitrogen and oxygen atoms in total. The molecule has 2 saturated carbocycles. The zero-order chi connectivity index (χ0) is 14.7. The van der Waals surface area contributed by atoms with Gasteiger partial charge in [0, 0.05) is 19.0 Å². The van der Waals surface area contributed by atoms with E-state index in [0.29, 0.717) is 17.2 Å². The molecule has 3 fully saturated rings. The van der Waals surface area contributed by atoms with Crippen LogP contribution in [0.5, 0.6) is 0 Å². The van der Waals surface area contributed by atoms with Crippen molar-refractivity contribution in [3.8, 4) is 0 Å². The number of likely N-dealkylation sites (tertiary alicyclic amines) is 1. The van der Waals surface area contributed by atoms with E-state index < -0.39 is 0 Å². The average molecular weight is 292 g/mol. The number of piperidine rings is 1. The number of hydrogen-bond donors (Lipinski definition) is 1. The summed E-state index contributed by atoms with van der Waals surface area (Å²) in [5.41, 5.74) is 6.41. The Morgan fingerprint density at radius 2 is 1.71 bits per heavy atom. The Morgan fingerprint density at radius 1 is 1.00 bits per heavy atom. The van der Waals surface area contributed by atoms with Crippen LogP contribution in [0.4, 0.5) is 0 Å². The van der Waals surface area contributed by atoms with E-state index in [9.17, 15) is 4.79 Å². The molecule has 0 aromatic rings. The Kier molecular flexibility index (Phi) is 4.88. The molecule has 2 atom stereocenters. The van der Waals surface area contributed by atoms with Gasteiger partial charge in [-0.25, -0.2) is 0 Å². The maximum Gasteiger partial charge on any atom is 0.225 e. The highest BCUT2D eigenvalue weighted by Crippen LogP contribution is 2.45. The lowest BCUT2D eigenvalue weighted by molar-refractivity contribution is -0.139. The molecule has 0 aromatic carbocycles. The summed E-state index contributed by atoms with van der Waals surface area (Å²) in [4.78, 5) is 15.0. The molecule has 0 aromatic heterocycles. The van der Waals surface area contributed by atoms with Crippen molar-refractivity contribution in [3.05, 3.63) is 0 Å². The smallest absolute Gasteiger partial charge is 0.225 e. The Labute approximate surface area is 129 Å². The summed E-state index contributed by atoms with van der Waals surface area (Å²) in [6, 6.07) is 0. The summed E-state index contributed by atoms with van der Waals surface area (Å²) in [7, 11) is 0. The number of hydrogen-bond acceptors (Lipinski definition) is 2. The van der Waals surface area contributed by atoms with Crippen molar-refractivity contribution in [3.63, 3.8) is 0 Å². The largest absolute Gasteiger partial charge is 0.342 e. The van der Waals surface area contributed by atoms with Crippen molar-refractivity contribution in [2.45, 2.75) is 70.6 Å². The fraction of sp³-hybridized carbons (Fsp3) is 0.944. The normalized spacial score (nSPS) is 33.1. The first-order valence-electron chi connectivity index (χ1n) is 9.21. The highest BCUT2D eigenvalue weighted by atomic mass is 16.2. The van der Waals surface area contributed by atoms with E-state index in [1.807, 2.05) is 0 Å². The molecule has 2 unspecified atom stereocenters. The molecule has 1 aliphatic heterocycles. The lowest BCUT2D eigenvalue weighted by Crippen LogP contribution is -2.46. The quantitative estimate of drug-likeness (QED) is 0.848. The zero-order valence-corrected chi connectivity index (χ0v) is 13.5. The van der Waals surface area contributed by atoms with Crippen molar-refractivity contribution in [1.29, 1.82) is 0 Å². The summed E-state index contributed by atoms with van der Waals surface area (Å²) in [5.74, 6) is 1.30. The highest BCUT2D eigenvalue weighted by molar-refractivity contribution is 5.79. The van der Waals surface area contributed by atoms with Crippen LogP contribution >= 0.6 is 0 Å². The summed E-state index contributed by atoms with van der Waals surface area (Å²) in [6.07, 6.45) is 14.1. The molecule has 3 aliphatic rings. The molecule has 0 bridgehead atoms. The summed E-state index contributed by atoms with van der Waals surface area (Å²) >= 11 is 0. The van der Waals surface area contributed by atoms with Gasteiger partial charge in [0.25, 0.3) is 0 Å². The van der Waals surface area contributed by atoms with Gasteiger partial charge in [0.15, 0.2) is 0 Å². The molecule has 21 heavy (non-hydrogen) atoms. The van der Waals surface area contributed by atoms with Crippen molar-refractivity contribution < 1.29 is 4.79 Å². The van der Waals surface area contributed by atoms with Crippen LogP contribution in [0.15, 0.2) is 0 Å². The third-order valence-corrected chi connectivity index (χ3v) is 6.52. The summed E-state index contributed by atoms with van der Waals surface area (Å²) in [5, 5.41) is 0. The molecule has 1 amide bonds. The predicted molar refractivity (Wildman–Crippen MR) is 85.8 cm³/mol. The Morgan fingerprint density at radius 3 is 2.38 bits per heavy atom. The molecule has 1 heterocycles. The van der Waals surface area contributed by atoms with Crippen molar-refractivity contribution in [2.75, 3.05) is 19.6 Å². The second-order valence-corrected chi connectivity index (χ2v) is 7.85. The van der Waals surface area contributed by atoms with E-state index in [1.54, 1.807) is 0 Å². The Balaban J connectivity index is 1.52. The number of nitrogens with two attached hydrogens (primary N) is 1. The molecule has 1 spiro atoms. The van der Waals surface area contributed by atoms with Gasteiger partial charge in [-0.15, -0.1) is 0 Å². The van der Waals surface area contributed by atoms with Gasteiger partial charge in [-0.05, 0) is 62.8 Å². The highest BCUT2D eigenvalue weighted by Gasteiger charge is 2.38. The molecule has 0 radical (unpaired) electrons. The molecule has 3 heteroatoms. The lowest BCUT2D eigenvalue weighted by atomic mass is 9.68. The molecule has 1 saturated heterocycles. The summed E-state index contributed by atoms with van der Waals surface area (Å²) in [6.45, 7) is 2.79.